The molecule has 9 heteroatoms. The predicted octanol–water partition coefficient (Wildman–Crippen LogP) is 5.26. The summed E-state index contributed by atoms with van der Waals surface area (Å²) in [4.78, 5) is 11.7. The molecule has 0 spiro atoms. The first-order valence-corrected chi connectivity index (χ1v) is 10.0. The minimum atomic E-state index is -4.38. The van der Waals surface area contributed by atoms with Crippen molar-refractivity contribution in [3.05, 3.63) is 89.2 Å². The topological polar surface area (TPSA) is 83.8 Å². The maximum absolute atomic E-state index is 12.8. The molecule has 0 saturated carbocycles. The molecule has 168 valence electrons. The molecule has 1 aromatic carbocycles. The molecule has 1 unspecified atom stereocenters. The highest BCUT2D eigenvalue weighted by molar-refractivity contribution is 5.76. The van der Waals surface area contributed by atoms with Crippen LogP contribution in [0.15, 0.2) is 66.7 Å². The summed E-state index contributed by atoms with van der Waals surface area (Å²) in [5, 5.41) is 8.85. The van der Waals surface area contributed by atoms with Crippen molar-refractivity contribution in [2.24, 2.45) is 0 Å². The van der Waals surface area contributed by atoms with Crippen LogP contribution >= 0.6 is 0 Å². The predicted molar refractivity (Wildman–Crippen MR) is 114 cm³/mol. The molecule has 1 aliphatic rings. The van der Waals surface area contributed by atoms with Gasteiger partial charge in [-0.2, -0.15) is 18.4 Å². The molecule has 6 nitrogen and oxygen atoms in total. The number of nitrogens with one attached hydrogen (secondary N) is 1. The van der Waals surface area contributed by atoms with E-state index in [0.717, 1.165) is 17.7 Å². The van der Waals surface area contributed by atoms with Crippen LogP contribution in [0.5, 0.6) is 0 Å². The van der Waals surface area contributed by atoms with Crippen LogP contribution in [0, 0.1) is 11.3 Å². The van der Waals surface area contributed by atoms with Crippen molar-refractivity contribution in [3.63, 3.8) is 0 Å². The Kier molecular flexibility index (Phi) is 6.29. The number of benzene rings is 1. The van der Waals surface area contributed by atoms with E-state index in [-0.39, 0.29) is 12.7 Å². The van der Waals surface area contributed by atoms with Gasteiger partial charge >= 0.3 is 6.18 Å². The Labute approximate surface area is 188 Å². The van der Waals surface area contributed by atoms with Crippen LogP contribution in [0.1, 0.15) is 28.9 Å². The molecule has 3 aromatic rings. The zero-order valence-corrected chi connectivity index (χ0v) is 17.6. The molecule has 1 N–H and O–H groups in total. The summed E-state index contributed by atoms with van der Waals surface area (Å²) < 4.78 is 49.8. The van der Waals surface area contributed by atoms with Gasteiger partial charge in [-0.3, -0.25) is 4.98 Å². The van der Waals surface area contributed by atoms with E-state index in [2.05, 4.69) is 15.0 Å². The van der Waals surface area contributed by atoms with Crippen LogP contribution in [0.3, 0.4) is 0 Å². The maximum atomic E-state index is 12.8. The molecule has 33 heavy (non-hydrogen) atoms. The van der Waals surface area contributed by atoms with E-state index in [1.807, 2.05) is 18.2 Å². The number of imidazole rings is 1. The lowest BCUT2D eigenvalue weighted by Gasteiger charge is -2.21. The van der Waals surface area contributed by atoms with Crippen molar-refractivity contribution < 1.29 is 22.6 Å². The Morgan fingerprint density at radius 3 is 2.55 bits per heavy atom. The van der Waals surface area contributed by atoms with Crippen molar-refractivity contribution in [1.29, 1.82) is 5.26 Å². The Morgan fingerprint density at radius 1 is 1.12 bits per heavy atom. The number of allylic oxidation sites excluding steroid dienone is 2. The first-order chi connectivity index (χ1) is 15.9. The van der Waals surface area contributed by atoms with Gasteiger partial charge in [-0.15, -0.1) is 0 Å². The lowest BCUT2D eigenvalue weighted by Crippen LogP contribution is -2.16. The van der Waals surface area contributed by atoms with Crippen molar-refractivity contribution in [2.45, 2.75) is 25.3 Å². The number of alkyl halides is 3. The number of nitrogens with zero attached hydrogens (tertiary/aromatic N) is 3. The Balaban J connectivity index is 1.45. The molecular weight excluding hydrogens is 433 g/mol. The second-order valence-electron chi connectivity index (χ2n) is 7.32. The summed E-state index contributed by atoms with van der Waals surface area (Å²) in [5.41, 5.74) is 2.51. The fourth-order valence-corrected chi connectivity index (χ4v) is 3.40. The molecule has 0 bridgehead atoms. The van der Waals surface area contributed by atoms with Gasteiger partial charge in [0.15, 0.2) is 0 Å². The summed E-state index contributed by atoms with van der Waals surface area (Å²) in [6.07, 6.45) is 2.77. The molecule has 1 aliphatic carbocycles. The van der Waals surface area contributed by atoms with Gasteiger partial charge in [0.1, 0.15) is 17.7 Å². The number of halogens is 3. The van der Waals surface area contributed by atoms with Crippen molar-refractivity contribution in [3.8, 4) is 17.5 Å². The van der Waals surface area contributed by atoms with Gasteiger partial charge in [-0.05, 0) is 24.3 Å². The smallest absolute Gasteiger partial charge is 0.416 e. The lowest BCUT2D eigenvalue weighted by atomic mass is 10.0. The molecule has 2 heterocycles. The fourth-order valence-electron chi connectivity index (χ4n) is 3.40. The molecular formula is C24H19F3N4O2. The zero-order valence-electron chi connectivity index (χ0n) is 17.6. The highest BCUT2D eigenvalue weighted by Gasteiger charge is 2.30. The van der Waals surface area contributed by atoms with Crippen molar-refractivity contribution >= 4 is 5.57 Å². The first kappa shape index (κ1) is 22.3. The van der Waals surface area contributed by atoms with Crippen LogP contribution < -0.4 is 0 Å². The van der Waals surface area contributed by atoms with Gasteiger partial charge < -0.3 is 14.5 Å². The third-order valence-electron chi connectivity index (χ3n) is 5.16. The molecule has 4 rings (SSSR count). The SMILES string of the molecule is COC1=C(c2cnc(-c3ccc(C(F)(F)F)cc3)[nH]2)C=CC(OCc2ccc(C#N)cn2)C1. The molecule has 0 amide bonds. The second-order valence-corrected chi connectivity index (χ2v) is 7.32. The second kappa shape index (κ2) is 9.30. The number of aromatic amines is 1. The Morgan fingerprint density at radius 2 is 1.91 bits per heavy atom. The van der Waals surface area contributed by atoms with Crippen LogP contribution in [0.2, 0.25) is 0 Å². The Hall–Kier alpha value is -3.90. The number of methoxy groups -OCH3 is 1. The highest BCUT2D eigenvalue weighted by Crippen LogP contribution is 2.32. The number of hydrogen-bond acceptors (Lipinski definition) is 5. The summed E-state index contributed by atoms with van der Waals surface area (Å²) in [5.74, 6) is 1.15. The number of aromatic nitrogens is 3. The molecule has 0 saturated heterocycles. The first-order valence-electron chi connectivity index (χ1n) is 10.0. The van der Waals surface area contributed by atoms with E-state index in [9.17, 15) is 13.2 Å². The summed E-state index contributed by atoms with van der Waals surface area (Å²) in [6, 6.07) is 10.3. The average molecular weight is 452 g/mol. The molecule has 2 aromatic heterocycles. The third-order valence-corrected chi connectivity index (χ3v) is 5.16. The number of nitriles is 1. The van der Waals surface area contributed by atoms with E-state index in [0.29, 0.717) is 40.5 Å². The monoisotopic (exact) mass is 452 g/mol. The minimum absolute atomic E-state index is 0.224. The maximum Gasteiger partial charge on any atom is 0.416 e. The number of ether oxygens (including phenoxy) is 2. The number of pyridine rings is 1. The van der Waals surface area contributed by atoms with Gasteiger partial charge in [-0.25, -0.2) is 4.98 Å². The quantitative estimate of drug-likeness (QED) is 0.551. The number of hydrogen-bond donors (Lipinski definition) is 1. The van der Waals surface area contributed by atoms with Crippen LogP contribution in [0.25, 0.3) is 17.0 Å². The van der Waals surface area contributed by atoms with Gasteiger partial charge in [-0.1, -0.05) is 24.3 Å². The minimum Gasteiger partial charge on any atom is -0.500 e. The lowest BCUT2D eigenvalue weighted by molar-refractivity contribution is -0.137. The van der Waals surface area contributed by atoms with E-state index in [1.165, 1.54) is 18.3 Å². The van der Waals surface area contributed by atoms with Gasteiger partial charge in [0.05, 0.1) is 48.5 Å². The third kappa shape index (κ3) is 5.13. The normalized spacial score (nSPS) is 16.0. The zero-order chi connectivity index (χ0) is 23.4. The average Bonchev–Trinajstić information content (AvgIpc) is 3.32. The summed E-state index contributed by atoms with van der Waals surface area (Å²) in [6.45, 7) is 0.287. The van der Waals surface area contributed by atoms with Gasteiger partial charge in [0.25, 0.3) is 0 Å². The number of rotatable bonds is 6. The molecule has 1 atom stereocenters. The van der Waals surface area contributed by atoms with E-state index in [4.69, 9.17) is 14.7 Å². The molecule has 0 radical (unpaired) electrons. The fraction of sp³-hybridized carbons (Fsp3) is 0.208. The van der Waals surface area contributed by atoms with Crippen LogP contribution in [-0.2, 0) is 22.3 Å². The van der Waals surface area contributed by atoms with Crippen LogP contribution in [0.4, 0.5) is 13.2 Å². The number of H-pyrrole nitrogens is 1. The summed E-state index contributed by atoms with van der Waals surface area (Å²) >= 11 is 0. The standard InChI is InChI=1S/C24H19F3N4O2/c1-32-22-10-19(33-14-18-7-2-15(11-28)12-29-18)8-9-20(22)21-13-30-23(31-21)16-3-5-17(6-4-16)24(25,26)27/h2-9,12-13,19H,10,14H2,1H3,(H,30,31). The summed E-state index contributed by atoms with van der Waals surface area (Å²) in [7, 11) is 1.57. The van der Waals surface area contributed by atoms with Gasteiger partial charge in [0.2, 0.25) is 0 Å². The van der Waals surface area contributed by atoms with E-state index in [1.54, 1.807) is 25.4 Å². The largest absolute Gasteiger partial charge is 0.500 e. The molecule has 0 fully saturated rings. The van der Waals surface area contributed by atoms with Crippen molar-refractivity contribution in [1.82, 2.24) is 15.0 Å². The van der Waals surface area contributed by atoms with E-state index >= 15 is 0 Å². The highest BCUT2D eigenvalue weighted by atomic mass is 19.4. The Bertz CT molecular complexity index is 1220. The van der Waals surface area contributed by atoms with Crippen LogP contribution in [-0.4, -0.2) is 28.2 Å². The van der Waals surface area contributed by atoms with E-state index < -0.39 is 11.7 Å². The van der Waals surface area contributed by atoms with Gasteiger partial charge in [0, 0.05) is 23.8 Å². The van der Waals surface area contributed by atoms with Crippen molar-refractivity contribution in [2.75, 3.05) is 7.11 Å². The molecule has 0 aliphatic heterocycles.